The van der Waals surface area contributed by atoms with Crippen molar-refractivity contribution < 1.29 is 9.52 Å². The second kappa shape index (κ2) is 3.16. The lowest BCUT2D eigenvalue weighted by molar-refractivity contribution is 0.271. The number of furan rings is 1. The summed E-state index contributed by atoms with van der Waals surface area (Å²) < 4.78 is 7.11. The summed E-state index contributed by atoms with van der Waals surface area (Å²) in [6.07, 6.45) is 1.04. The maximum atomic E-state index is 8.85. The van der Waals surface area contributed by atoms with E-state index in [1.165, 1.54) is 0 Å². The van der Waals surface area contributed by atoms with Crippen molar-refractivity contribution in [1.82, 2.24) is 0 Å². The molecular formula is C8H8Br2O2. The highest BCUT2D eigenvalue weighted by atomic mass is 79.9. The number of aliphatic hydroxyl groups excluding tert-OH is 1. The van der Waals surface area contributed by atoms with E-state index in [2.05, 4.69) is 31.9 Å². The van der Waals surface area contributed by atoms with E-state index >= 15 is 0 Å². The number of halogens is 2. The first-order valence-corrected chi connectivity index (χ1v) is 5.36. The number of hydrogen-bond acceptors (Lipinski definition) is 2. The van der Waals surface area contributed by atoms with E-state index in [4.69, 9.17) is 9.52 Å². The highest BCUT2D eigenvalue weighted by Gasteiger charge is 2.40. The van der Waals surface area contributed by atoms with Crippen molar-refractivity contribution in [3.63, 3.8) is 0 Å². The Labute approximate surface area is 87.2 Å². The Hall–Kier alpha value is 0.200. The molecule has 66 valence electrons. The molecule has 2 atom stereocenters. The molecule has 0 aromatic carbocycles. The highest BCUT2D eigenvalue weighted by Crippen LogP contribution is 2.49. The first-order valence-electron chi connectivity index (χ1n) is 3.78. The summed E-state index contributed by atoms with van der Waals surface area (Å²) in [6, 6.07) is 1.96. The second-order valence-electron chi connectivity index (χ2n) is 3.06. The molecule has 1 aromatic rings. The van der Waals surface area contributed by atoms with Gasteiger partial charge in [-0.1, -0.05) is 0 Å². The van der Waals surface area contributed by atoms with E-state index in [0.29, 0.717) is 11.8 Å². The van der Waals surface area contributed by atoms with E-state index in [1.54, 1.807) is 0 Å². The summed E-state index contributed by atoms with van der Waals surface area (Å²) in [6.45, 7) is 0.264. The van der Waals surface area contributed by atoms with Crippen LogP contribution in [0.3, 0.4) is 0 Å². The Morgan fingerprint density at radius 3 is 2.75 bits per heavy atom. The molecule has 1 fully saturated rings. The molecule has 12 heavy (non-hydrogen) atoms. The van der Waals surface area contributed by atoms with Crippen molar-refractivity contribution in [2.45, 2.75) is 12.3 Å². The second-order valence-corrected chi connectivity index (χ2v) is 4.63. The SMILES string of the molecule is OCC1CC1c1cc(Br)c(Br)o1. The van der Waals surface area contributed by atoms with Crippen molar-refractivity contribution in [3.05, 3.63) is 21.0 Å². The van der Waals surface area contributed by atoms with Gasteiger partial charge in [-0.2, -0.15) is 0 Å². The minimum atomic E-state index is 0.264. The van der Waals surface area contributed by atoms with Gasteiger partial charge in [0.2, 0.25) is 0 Å². The summed E-state index contributed by atoms with van der Waals surface area (Å²) in [5, 5.41) is 8.85. The van der Waals surface area contributed by atoms with Gasteiger partial charge in [-0.25, -0.2) is 0 Å². The van der Waals surface area contributed by atoms with Crippen LogP contribution in [0.5, 0.6) is 0 Å². The van der Waals surface area contributed by atoms with Crippen molar-refractivity contribution in [1.29, 1.82) is 0 Å². The zero-order valence-corrected chi connectivity index (χ0v) is 9.43. The molecule has 0 amide bonds. The first kappa shape index (κ1) is 8.78. The standard InChI is InChI=1S/C8H8Br2O2/c9-6-2-7(12-8(6)10)5-1-4(5)3-11/h2,4-5,11H,1,3H2. The highest BCUT2D eigenvalue weighted by molar-refractivity contribution is 9.13. The molecule has 1 aromatic heterocycles. The Kier molecular flexibility index (Phi) is 2.31. The summed E-state index contributed by atoms with van der Waals surface area (Å²) in [7, 11) is 0. The molecule has 0 radical (unpaired) electrons. The predicted octanol–water partition coefficient (Wildman–Crippen LogP) is 2.90. The minimum absolute atomic E-state index is 0.264. The first-order chi connectivity index (χ1) is 5.72. The van der Waals surface area contributed by atoms with Crippen LogP contribution in [0, 0.1) is 5.92 Å². The molecule has 2 rings (SSSR count). The van der Waals surface area contributed by atoms with Gasteiger partial charge in [0.1, 0.15) is 5.76 Å². The molecule has 1 heterocycles. The fraction of sp³-hybridized carbons (Fsp3) is 0.500. The molecule has 1 N–H and O–H groups in total. The van der Waals surface area contributed by atoms with Crippen molar-refractivity contribution >= 4 is 31.9 Å². The van der Waals surface area contributed by atoms with Gasteiger partial charge in [-0.05, 0) is 50.3 Å². The normalized spacial score (nSPS) is 27.6. The lowest BCUT2D eigenvalue weighted by atomic mass is 10.2. The molecule has 0 bridgehead atoms. The third-order valence-electron chi connectivity index (χ3n) is 2.19. The summed E-state index contributed by atoms with van der Waals surface area (Å²) in [4.78, 5) is 0. The lowest BCUT2D eigenvalue weighted by Gasteiger charge is -1.90. The molecule has 2 nitrogen and oxygen atoms in total. The largest absolute Gasteiger partial charge is 0.453 e. The molecule has 1 aliphatic carbocycles. The molecule has 1 saturated carbocycles. The van der Waals surface area contributed by atoms with Crippen LogP contribution in [-0.2, 0) is 0 Å². The van der Waals surface area contributed by atoms with Crippen molar-refractivity contribution in [3.8, 4) is 0 Å². The van der Waals surface area contributed by atoms with Crippen LogP contribution in [0.4, 0.5) is 0 Å². The van der Waals surface area contributed by atoms with Crippen LogP contribution in [0.2, 0.25) is 0 Å². The number of rotatable bonds is 2. The van der Waals surface area contributed by atoms with Gasteiger partial charge in [0, 0.05) is 12.5 Å². The molecule has 0 spiro atoms. The van der Waals surface area contributed by atoms with E-state index in [1.807, 2.05) is 6.07 Å². The third-order valence-corrected chi connectivity index (χ3v) is 3.90. The van der Waals surface area contributed by atoms with Gasteiger partial charge in [-0.15, -0.1) is 0 Å². The third kappa shape index (κ3) is 1.47. The van der Waals surface area contributed by atoms with Crippen LogP contribution in [0.15, 0.2) is 19.6 Å². The lowest BCUT2D eigenvalue weighted by Crippen LogP contribution is -1.86. The monoisotopic (exact) mass is 294 g/mol. The van der Waals surface area contributed by atoms with Gasteiger partial charge in [0.15, 0.2) is 4.67 Å². The van der Waals surface area contributed by atoms with Gasteiger partial charge in [0.05, 0.1) is 4.47 Å². The van der Waals surface area contributed by atoms with E-state index in [-0.39, 0.29) is 6.61 Å². The van der Waals surface area contributed by atoms with Gasteiger partial charge < -0.3 is 9.52 Å². The zero-order valence-electron chi connectivity index (χ0n) is 6.26. The molecule has 0 aliphatic heterocycles. The van der Waals surface area contributed by atoms with Gasteiger partial charge >= 0.3 is 0 Å². The Bertz CT molecular complexity index is 276. The van der Waals surface area contributed by atoms with Crippen LogP contribution in [0.1, 0.15) is 18.1 Å². The quantitative estimate of drug-likeness (QED) is 0.910. The Balaban J connectivity index is 2.15. The van der Waals surface area contributed by atoms with Crippen LogP contribution < -0.4 is 0 Å². The topological polar surface area (TPSA) is 33.4 Å². The zero-order chi connectivity index (χ0) is 8.72. The molecule has 1 aliphatic rings. The van der Waals surface area contributed by atoms with Crippen LogP contribution >= 0.6 is 31.9 Å². The molecule has 4 heteroatoms. The van der Waals surface area contributed by atoms with E-state index < -0.39 is 0 Å². The Morgan fingerprint density at radius 1 is 1.58 bits per heavy atom. The van der Waals surface area contributed by atoms with E-state index in [9.17, 15) is 0 Å². The average molecular weight is 296 g/mol. The molecular weight excluding hydrogens is 288 g/mol. The Morgan fingerprint density at radius 2 is 2.33 bits per heavy atom. The average Bonchev–Trinajstić information content (AvgIpc) is 2.75. The fourth-order valence-electron chi connectivity index (χ4n) is 1.34. The van der Waals surface area contributed by atoms with Crippen molar-refractivity contribution in [2.24, 2.45) is 5.92 Å². The maximum absolute atomic E-state index is 8.85. The molecule has 0 saturated heterocycles. The number of hydrogen-bond donors (Lipinski definition) is 1. The maximum Gasteiger partial charge on any atom is 0.183 e. The summed E-state index contributed by atoms with van der Waals surface area (Å²) in [5.41, 5.74) is 0. The van der Waals surface area contributed by atoms with Crippen LogP contribution in [0.25, 0.3) is 0 Å². The van der Waals surface area contributed by atoms with Gasteiger partial charge in [-0.3, -0.25) is 0 Å². The minimum Gasteiger partial charge on any atom is -0.453 e. The molecule has 2 unspecified atom stereocenters. The smallest absolute Gasteiger partial charge is 0.183 e. The number of aliphatic hydroxyl groups is 1. The van der Waals surface area contributed by atoms with Gasteiger partial charge in [0.25, 0.3) is 0 Å². The van der Waals surface area contributed by atoms with Crippen LogP contribution in [-0.4, -0.2) is 11.7 Å². The van der Waals surface area contributed by atoms with E-state index in [0.717, 1.165) is 21.3 Å². The summed E-state index contributed by atoms with van der Waals surface area (Å²) >= 11 is 6.63. The predicted molar refractivity (Wildman–Crippen MR) is 52.0 cm³/mol. The van der Waals surface area contributed by atoms with Crippen molar-refractivity contribution in [2.75, 3.05) is 6.61 Å². The summed E-state index contributed by atoms with van der Waals surface area (Å²) in [5.74, 6) is 1.81. The fourth-order valence-corrected chi connectivity index (χ4v) is 1.95.